The number of thiazole rings is 1. The molecule has 9 heteroatoms. The Morgan fingerprint density at radius 1 is 1.39 bits per heavy atom. The van der Waals surface area contributed by atoms with Crippen LogP contribution in [-0.2, 0) is 33.6 Å². The highest BCUT2D eigenvalue weighted by Gasteiger charge is 2.30. The molecule has 1 aliphatic carbocycles. The van der Waals surface area contributed by atoms with Crippen molar-refractivity contribution in [3.8, 4) is 6.07 Å². The van der Waals surface area contributed by atoms with Crippen LogP contribution in [0.2, 0.25) is 0 Å². The van der Waals surface area contributed by atoms with Gasteiger partial charge in [-0.3, -0.25) is 9.59 Å². The van der Waals surface area contributed by atoms with E-state index in [4.69, 9.17) is 9.72 Å². The lowest BCUT2D eigenvalue weighted by atomic mass is 9.71. The molecule has 2 atom stereocenters. The van der Waals surface area contributed by atoms with Gasteiger partial charge < -0.3 is 10.1 Å². The molecule has 33 heavy (non-hydrogen) atoms. The van der Waals surface area contributed by atoms with Crippen LogP contribution in [0.5, 0.6) is 0 Å². The van der Waals surface area contributed by atoms with Crippen LogP contribution in [0.25, 0.3) is 0 Å². The number of carbonyl (C=O) groups excluding carboxylic acids is 2. The van der Waals surface area contributed by atoms with Gasteiger partial charge in [0.05, 0.1) is 29.5 Å². The number of aromatic nitrogens is 2. The number of anilines is 1. The molecule has 176 valence electrons. The van der Waals surface area contributed by atoms with Crippen LogP contribution in [0.4, 0.5) is 5.13 Å². The molecule has 0 aromatic carbocycles. The number of hydrogen-bond donors (Lipinski definition) is 1. The van der Waals surface area contributed by atoms with E-state index in [1.54, 1.807) is 19.2 Å². The lowest BCUT2D eigenvalue weighted by Crippen LogP contribution is -2.27. The van der Waals surface area contributed by atoms with Crippen LogP contribution in [0.3, 0.4) is 0 Å². The largest absolute Gasteiger partial charge is 0.466 e. The van der Waals surface area contributed by atoms with Gasteiger partial charge in [-0.2, -0.15) is 5.26 Å². The number of pyridine rings is 1. The molecule has 0 aliphatic heterocycles. The van der Waals surface area contributed by atoms with E-state index in [0.29, 0.717) is 33.9 Å². The minimum Gasteiger partial charge on any atom is -0.466 e. The monoisotopic (exact) mass is 486 g/mol. The van der Waals surface area contributed by atoms with Gasteiger partial charge in [-0.1, -0.05) is 32.5 Å². The number of hydrogen-bond acceptors (Lipinski definition) is 8. The first-order chi connectivity index (χ1) is 15.6. The van der Waals surface area contributed by atoms with Crippen molar-refractivity contribution in [3.05, 3.63) is 34.0 Å². The van der Waals surface area contributed by atoms with Gasteiger partial charge in [0, 0.05) is 11.1 Å². The Balaban J connectivity index is 1.66. The minimum atomic E-state index is -0.467. The average Bonchev–Trinajstić information content (AvgIpc) is 3.18. The molecular weight excluding hydrogens is 456 g/mol. The van der Waals surface area contributed by atoms with E-state index in [2.05, 4.69) is 37.1 Å². The third-order valence-electron chi connectivity index (χ3n) is 5.77. The van der Waals surface area contributed by atoms with Crippen LogP contribution in [0.15, 0.2) is 16.5 Å². The van der Waals surface area contributed by atoms with Crippen molar-refractivity contribution >= 4 is 40.1 Å². The first-order valence-corrected chi connectivity index (χ1v) is 12.9. The van der Waals surface area contributed by atoms with E-state index >= 15 is 0 Å². The quantitative estimate of drug-likeness (QED) is 0.443. The topological polar surface area (TPSA) is 105 Å². The molecule has 7 nitrogen and oxygen atoms in total. The van der Waals surface area contributed by atoms with Crippen molar-refractivity contribution in [3.63, 3.8) is 0 Å². The lowest BCUT2D eigenvalue weighted by molar-refractivity contribution is -0.142. The van der Waals surface area contributed by atoms with Gasteiger partial charge in [-0.15, -0.1) is 11.3 Å². The fraction of sp³-hybridized carbons (Fsp3) is 0.542. The van der Waals surface area contributed by atoms with Crippen molar-refractivity contribution < 1.29 is 14.3 Å². The summed E-state index contributed by atoms with van der Waals surface area (Å²) in [6.07, 6.45) is 2.97. The Morgan fingerprint density at radius 3 is 2.82 bits per heavy atom. The molecule has 1 aliphatic rings. The summed E-state index contributed by atoms with van der Waals surface area (Å²) in [7, 11) is 0. The van der Waals surface area contributed by atoms with Crippen molar-refractivity contribution in [1.29, 1.82) is 5.26 Å². The summed E-state index contributed by atoms with van der Waals surface area (Å²) in [6.45, 7) is 10.6. The number of aryl methyl sites for hydroxylation is 1. The molecule has 2 unspecified atom stereocenters. The predicted octanol–water partition coefficient (Wildman–Crippen LogP) is 4.79. The van der Waals surface area contributed by atoms with Crippen LogP contribution >= 0.6 is 23.1 Å². The van der Waals surface area contributed by atoms with E-state index in [-0.39, 0.29) is 23.7 Å². The first-order valence-electron chi connectivity index (χ1n) is 11.1. The van der Waals surface area contributed by atoms with E-state index in [1.807, 2.05) is 6.07 Å². The SMILES string of the molecule is CCOC(=O)Cc1csc(NC(=O)C(C)Sc2nc3c(cc2C#N)CC(C(C)(C)C)CC3)n1. The van der Waals surface area contributed by atoms with E-state index < -0.39 is 5.25 Å². The summed E-state index contributed by atoms with van der Waals surface area (Å²) >= 11 is 2.54. The summed E-state index contributed by atoms with van der Waals surface area (Å²) in [5.74, 6) is -0.0113. The smallest absolute Gasteiger partial charge is 0.311 e. The summed E-state index contributed by atoms with van der Waals surface area (Å²) in [4.78, 5) is 33.4. The fourth-order valence-corrected chi connectivity index (χ4v) is 5.40. The Morgan fingerprint density at radius 2 is 2.15 bits per heavy atom. The highest BCUT2D eigenvalue weighted by molar-refractivity contribution is 8.00. The van der Waals surface area contributed by atoms with Crippen molar-refractivity contribution in [1.82, 2.24) is 9.97 Å². The summed E-state index contributed by atoms with van der Waals surface area (Å²) in [5, 5.41) is 14.8. The van der Waals surface area contributed by atoms with E-state index in [9.17, 15) is 14.9 Å². The minimum absolute atomic E-state index is 0.0746. The highest BCUT2D eigenvalue weighted by atomic mass is 32.2. The Hall–Kier alpha value is -2.44. The number of amides is 1. The number of fused-ring (bicyclic) bond motifs is 1. The van der Waals surface area contributed by atoms with Crippen LogP contribution < -0.4 is 5.32 Å². The van der Waals surface area contributed by atoms with Crippen LogP contribution in [0.1, 0.15) is 63.6 Å². The molecule has 2 aromatic rings. The number of nitrogens with zero attached hydrogens (tertiary/aromatic N) is 3. The number of carbonyl (C=O) groups is 2. The molecule has 1 N–H and O–H groups in total. The van der Waals surface area contributed by atoms with E-state index in [1.165, 1.54) is 23.1 Å². The van der Waals surface area contributed by atoms with Crippen LogP contribution in [-0.4, -0.2) is 33.7 Å². The van der Waals surface area contributed by atoms with Crippen molar-refractivity contribution in [2.75, 3.05) is 11.9 Å². The second-order valence-corrected chi connectivity index (χ2v) is 11.4. The number of ether oxygens (including phenoxy) is 1. The molecule has 2 heterocycles. The fourth-order valence-electron chi connectivity index (χ4n) is 3.79. The normalized spacial score (nSPS) is 16.4. The molecule has 0 radical (unpaired) electrons. The average molecular weight is 487 g/mol. The molecule has 3 rings (SSSR count). The Kier molecular flexibility index (Phi) is 8.14. The summed E-state index contributed by atoms with van der Waals surface area (Å²) in [5.41, 5.74) is 3.48. The zero-order valence-corrected chi connectivity index (χ0v) is 21.4. The van der Waals surface area contributed by atoms with Gasteiger partial charge >= 0.3 is 5.97 Å². The van der Waals surface area contributed by atoms with Crippen molar-refractivity contribution in [2.45, 2.75) is 70.6 Å². The highest BCUT2D eigenvalue weighted by Crippen LogP contribution is 2.38. The molecule has 2 aromatic heterocycles. The Labute approximate surface area is 203 Å². The lowest BCUT2D eigenvalue weighted by Gasteiger charge is -2.34. The maximum absolute atomic E-state index is 12.7. The zero-order chi connectivity index (χ0) is 24.2. The number of nitrogens with one attached hydrogen (secondary N) is 1. The van der Waals surface area contributed by atoms with Gasteiger partial charge in [0.25, 0.3) is 0 Å². The third kappa shape index (κ3) is 6.55. The molecule has 0 bridgehead atoms. The number of thioether (sulfide) groups is 1. The number of esters is 1. The van der Waals surface area contributed by atoms with Crippen molar-refractivity contribution in [2.24, 2.45) is 11.3 Å². The summed E-state index contributed by atoms with van der Waals surface area (Å²) < 4.78 is 4.93. The maximum atomic E-state index is 12.7. The maximum Gasteiger partial charge on any atom is 0.311 e. The van der Waals surface area contributed by atoms with Crippen LogP contribution in [0, 0.1) is 22.7 Å². The molecule has 0 fully saturated rings. The van der Waals surface area contributed by atoms with Gasteiger partial charge in [-0.05, 0) is 56.1 Å². The van der Waals surface area contributed by atoms with Gasteiger partial charge in [0.2, 0.25) is 5.91 Å². The second-order valence-electron chi connectivity index (χ2n) is 9.24. The number of rotatable bonds is 7. The number of nitriles is 1. The molecule has 1 amide bonds. The van der Waals surface area contributed by atoms with Gasteiger partial charge in [0.15, 0.2) is 5.13 Å². The molecule has 0 spiro atoms. The zero-order valence-electron chi connectivity index (χ0n) is 19.7. The molecular formula is C24H30N4O3S2. The van der Waals surface area contributed by atoms with E-state index in [0.717, 1.165) is 30.5 Å². The Bertz CT molecular complexity index is 1070. The standard InChI is InChI=1S/C24H30N4O3S2/c1-6-31-20(29)11-18-13-32-23(26-18)28-21(30)14(2)33-22-16(12-25)9-15-10-17(24(3,4)5)7-8-19(15)27-22/h9,13-14,17H,6-8,10-11H2,1-5H3,(H,26,28,30). The third-order valence-corrected chi connectivity index (χ3v) is 7.68. The predicted molar refractivity (Wildman–Crippen MR) is 130 cm³/mol. The molecule has 0 saturated heterocycles. The van der Waals surface area contributed by atoms with Gasteiger partial charge in [0.1, 0.15) is 11.1 Å². The first kappa shape index (κ1) is 25.2. The van der Waals surface area contributed by atoms with Gasteiger partial charge in [-0.25, -0.2) is 9.97 Å². The second kappa shape index (κ2) is 10.7. The summed E-state index contributed by atoms with van der Waals surface area (Å²) in [6, 6.07) is 4.21. The molecule has 0 saturated carbocycles.